The number of hydrogen-bond acceptors (Lipinski definition) is 7. The average Bonchev–Trinajstić information content (AvgIpc) is 2.92. The molecule has 0 bridgehead atoms. The summed E-state index contributed by atoms with van der Waals surface area (Å²) in [6, 6.07) is 10.4. The van der Waals surface area contributed by atoms with Crippen molar-refractivity contribution in [1.82, 2.24) is 4.67 Å². The molecule has 40 heavy (non-hydrogen) atoms. The van der Waals surface area contributed by atoms with Crippen LogP contribution in [0.1, 0.15) is 124 Å². The first-order valence-corrected chi connectivity index (χ1v) is 16.6. The third-order valence-electron chi connectivity index (χ3n) is 6.50. The molecule has 0 saturated carbocycles. The van der Waals surface area contributed by atoms with Gasteiger partial charge in [-0.3, -0.25) is 9.59 Å². The largest absolute Gasteiger partial charge is 0.462 e. The predicted octanol–water partition coefficient (Wildman–Crippen LogP) is 8.74. The lowest BCUT2D eigenvalue weighted by atomic mass is 10.1. The summed E-state index contributed by atoms with van der Waals surface area (Å²) >= 11 is 0. The van der Waals surface area contributed by atoms with Crippen LogP contribution in [0.2, 0.25) is 0 Å². The lowest BCUT2D eigenvalue weighted by Gasteiger charge is -2.36. The molecule has 0 N–H and O–H groups in total. The first kappa shape index (κ1) is 36.5. The highest BCUT2D eigenvalue weighted by Gasteiger charge is 2.29. The number of benzene rings is 1. The second-order valence-electron chi connectivity index (χ2n) is 11.0. The first-order chi connectivity index (χ1) is 19.3. The monoisotopic (exact) mass is 581 g/mol. The number of ether oxygens (including phenoxy) is 2. The minimum atomic E-state index is -1.44. The fourth-order valence-electron chi connectivity index (χ4n) is 4.36. The summed E-state index contributed by atoms with van der Waals surface area (Å²) in [5, 5.41) is 0. The van der Waals surface area contributed by atoms with Gasteiger partial charge in [0.1, 0.15) is 6.61 Å². The lowest BCUT2D eigenvalue weighted by molar-refractivity contribution is -0.161. The Morgan fingerprint density at radius 1 is 0.725 bits per heavy atom. The van der Waals surface area contributed by atoms with Crippen LogP contribution < -0.4 is 0 Å². The Hall–Kier alpha value is -1.53. The third kappa shape index (κ3) is 17.3. The molecular formula is C32H56NO6P. The van der Waals surface area contributed by atoms with Gasteiger partial charge in [0.15, 0.2) is 6.10 Å². The van der Waals surface area contributed by atoms with E-state index >= 15 is 0 Å². The lowest BCUT2D eigenvalue weighted by Crippen LogP contribution is -2.35. The van der Waals surface area contributed by atoms with Gasteiger partial charge in [-0.25, -0.2) is 4.67 Å². The average molecular weight is 582 g/mol. The van der Waals surface area contributed by atoms with Crippen LogP contribution in [-0.4, -0.2) is 48.0 Å². The topological polar surface area (TPSA) is 74.3 Å². The number of carbonyl (C=O) groups excluding carboxylic acids is 2. The summed E-state index contributed by atoms with van der Waals surface area (Å²) < 4.78 is 26.1. The molecule has 8 heteroatoms. The van der Waals surface area contributed by atoms with Crippen LogP contribution in [0.5, 0.6) is 0 Å². The van der Waals surface area contributed by atoms with Crippen molar-refractivity contribution in [2.75, 3.05) is 13.2 Å². The van der Waals surface area contributed by atoms with E-state index in [9.17, 15) is 9.59 Å². The maximum atomic E-state index is 12.7. The van der Waals surface area contributed by atoms with Crippen molar-refractivity contribution in [1.29, 1.82) is 0 Å². The van der Waals surface area contributed by atoms with Gasteiger partial charge >= 0.3 is 11.9 Å². The summed E-state index contributed by atoms with van der Waals surface area (Å²) in [6.07, 6.45) is 10.6. The van der Waals surface area contributed by atoms with Crippen molar-refractivity contribution in [3.63, 3.8) is 0 Å². The van der Waals surface area contributed by atoms with Crippen molar-refractivity contribution < 1.29 is 28.1 Å². The highest BCUT2D eigenvalue weighted by atomic mass is 31.2. The van der Waals surface area contributed by atoms with E-state index in [0.29, 0.717) is 19.4 Å². The SMILES string of the molecule is CCCCCCCC(=O)OC[C@H](COP(OCc1ccccc1)N(C(C)C)C(C)C)OC(=O)CCCCCCC. The Bertz CT molecular complexity index is 768. The Balaban J connectivity index is 2.81. The fraction of sp³-hybridized carbons (Fsp3) is 0.750. The van der Waals surface area contributed by atoms with Gasteiger partial charge in [-0.15, -0.1) is 0 Å². The predicted molar refractivity (Wildman–Crippen MR) is 164 cm³/mol. The van der Waals surface area contributed by atoms with Gasteiger partial charge in [-0.1, -0.05) is 95.5 Å². The number of hydrogen-bond donors (Lipinski definition) is 0. The van der Waals surface area contributed by atoms with E-state index in [4.69, 9.17) is 18.5 Å². The molecule has 0 radical (unpaired) electrons. The summed E-state index contributed by atoms with van der Waals surface area (Å²) in [7, 11) is -1.44. The Kier molecular flexibility index (Phi) is 21.1. The molecule has 7 nitrogen and oxygen atoms in total. The van der Waals surface area contributed by atoms with Gasteiger partial charge in [0.25, 0.3) is 8.53 Å². The number of esters is 2. The van der Waals surface area contributed by atoms with Crippen molar-refractivity contribution in [3.05, 3.63) is 35.9 Å². The molecule has 0 saturated heterocycles. The molecule has 0 aliphatic heterocycles. The molecule has 0 aliphatic rings. The molecular weight excluding hydrogens is 525 g/mol. The third-order valence-corrected chi connectivity index (χ3v) is 8.52. The first-order valence-electron chi connectivity index (χ1n) is 15.5. The van der Waals surface area contributed by atoms with Gasteiger partial charge in [-0.2, -0.15) is 0 Å². The zero-order valence-electron chi connectivity index (χ0n) is 26.1. The van der Waals surface area contributed by atoms with Crippen LogP contribution in [0.15, 0.2) is 30.3 Å². The maximum Gasteiger partial charge on any atom is 0.306 e. The zero-order valence-corrected chi connectivity index (χ0v) is 27.0. The van der Waals surface area contributed by atoms with Gasteiger partial charge < -0.3 is 18.5 Å². The highest BCUT2D eigenvalue weighted by molar-refractivity contribution is 7.44. The van der Waals surface area contributed by atoms with Gasteiger partial charge in [-0.05, 0) is 46.1 Å². The van der Waals surface area contributed by atoms with Crippen molar-refractivity contribution in [2.24, 2.45) is 0 Å². The molecule has 0 amide bonds. The molecule has 2 atom stereocenters. The molecule has 1 rings (SSSR count). The van der Waals surface area contributed by atoms with E-state index in [2.05, 4.69) is 46.2 Å². The maximum absolute atomic E-state index is 12.7. The Morgan fingerprint density at radius 3 is 1.82 bits per heavy atom. The number of unbranched alkanes of at least 4 members (excludes halogenated alkanes) is 8. The van der Waals surface area contributed by atoms with Crippen LogP contribution >= 0.6 is 8.53 Å². The Morgan fingerprint density at radius 2 is 1.27 bits per heavy atom. The quantitative estimate of drug-likeness (QED) is 0.0686. The molecule has 1 aromatic carbocycles. The number of rotatable bonds is 24. The van der Waals surface area contributed by atoms with Crippen LogP contribution in [-0.2, 0) is 34.7 Å². The van der Waals surface area contributed by atoms with E-state index < -0.39 is 14.6 Å². The zero-order chi connectivity index (χ0) is 29.6. The molecule has 1 aromatic rings. The minimum absolute atomic E-state index is 0.0133. The molecule has 1 unspecified atom stereocenters. The van der Waals surface area contributed by atoms with Gasteiger partial charge in [0.2, 0.25) is 0 Å². The summed E-state index contributed by atoms with van der Waals surface area (Å²) in [5.74, 6) is -0.537. The van der Waals surface area contributed by atoms with Crippen LogP contribution in [0.25, 0.3) is 0 Å². The summed E-state index contributed by atoms with van der Waals surface area (Å²) in [5.41, 5.74) is 1.06. The van der Waals surface area contributed by atoms with Crippen LogP contribution in [0.4, 0.5) is 0 Å². The van der Waals surface area contributed by atoms with Gasteiger partial charge in [0.05, 0.1) is 13.2 Å². The molecule has 0 spiro atoms. The normalized spacial score (nSPS) is 13.1. The van der Waals surface area contributed by atoms with Gasteiger partial charge in [0, 0.05) is 24.9 Å². The number of nitrogens with zero attached hydrogens (tertiary/aromatic N) is 1. The van der Waals surface area contributed by atoms with Crippen molar-refractivity contribution >= 4 is 20.5 Å². The van der Waals surface area contributed by atoms with Crippen LogP contribution in [0, 0.1) is 0 Å². The van der Waals surface area contributed by atoms with E-state index in [-0.39, 0.29) is 37.2 Å². The standard InChI is InChI=1S/C32H56NO6P/c1-7-9-11-13-18-22-31(34)36-25-30(39-32(35)23-19-14-12-10-8-2)26-38-40(33(27(3)4)28(5)6)37-24-29-20-16-15-17-21-29/h15-17,20-21,27-28,30H,7-14,18-19,22-26H2,1-6H3/t30-,40?/m1/s1. The van der Waals surface area contributed by atoms with E-state index in [0.717, 1.165) is 50.5 Å². The summed E-state index contributed by atoms with van der Waals surface area (Å²) in [4.78, 5) is 25.0. The van der Waals surface area contributed by atoms with Crippen molar-refractivity contribution in [3.8, 4) is 0 Å². The molecule has 0 aliphatic carbocycles. The molecule has 0 heterocycles. The Labute approximate surface area is 245 Å². The highest BCUT2D eigenvalue weighted by Crippen LogP contribution is 2.46. The summed E-state index contributed by atoms with van der Waals surface area (Å²) in [6.45, 7) is 13.3. The second-order valence-corrected chi connectivity index (χ2v) is 12.4. The van der Waals surface area contributed by atoms with E-state index in [1.54, 1.807) is 0 Å². The van der Waals surface area contributed by atoms with E-state index in [1.165, 1.54) is 19.3 Å². The number of carbonyl (C=O) groups is 2. The molecule has 0 aromatic heterocycles. The smallest absolute Gasteiger partial charge is 0.306 e. The second kappa shape index (κ2) is 23.1. The molecule has 230 valence electrons. The molecule has 0 fully saturated rings. The fourth-order valence-corrected chi connectivity index (χ4v) is 6.01. The van der Waals surface area contributed by atoms with Crippen LogP contribution in [0.3, 0.4) is 0 Å². The minimum Gasteiger partial charge on any atom is -0.462 e. The van der Waals surface area contributed by atoms with E-state index in [1.807, 2.05) is 30.3 Å². The van der Waals surface area contributed by atoms with Crippen molar-refractivity contribution in [2.45, 2.75) is 143 Å².